The van der Waals surface area contributed by atoms with Crippen LogP contribution in [0.4, 0.5) is 0 Å². The van der Waals surface area contributed by atoms with Gasteiger partial charge in [0.25, 0.3) is 0 Å². The SMILES string of the molecule is O=[11C]=O.[11CH-]=O.[Y].[Y]. The molecule has 0 rings (SSSR count). The van der Waals surface area contributed by atoms with Crippen LogP contribution in [-0.2, 0) is 79.8 Å². The molecule has 0 spiro atoms. The number of carbonyl (C=O) groups excluding carboxylic acids is 3. The zero-order chi connectivity index (χ0) is 4.71. The Morgan fingerprint density at radius 3 is 1.00 bits per heavy atom. The second-order valence-corrected chi connectivity index (χ2v) is 0.0833. The van der Waals surface area contributed by atoms with Crippen LogP contribution in [0, 0.1) is 0 Å². The zero-order valence-electron chi connectivity index (χ0n) is 3.46. The van der Waals surface area contributed by atoms with E-state index in [1.54, 1.807) is 0 Å². The Hall–Kier alpha value is 1.26. The maximum absolute atomic E-state index is 8.12. The summed E-state index contributed by atoms with van der Waals surface area (Å²) >= 11 is 0. The fourth-order valence-electron chi connectivity index (χ4n) is 0. The summed E-state index contributed by atoms with van der Waals surface area (Å²) in [5.41, 5.74) is 0. The standard InChI is InChI=1S/CO2.CHO.2Y/c2-1-3;1-2;;/h;1H;;/q;-1;;/i2*1-1;;. The molecule has 5 heteroatoms. The van der Waals surface area contributed by atoms with E-state index in [2.05, 4.69) is 6.79 Å². The van der Waals surface area contributed by atoms with Crippen LogP contribution in [0.2, 0.25) is 0 Å². The first-order valence-electron chi connectivity index (χ1n) is 0.644. The summed E-state index contributed by atoms with van der Waals surface area (Å²) in [6.07, 6.45) is 0.250. The third-order valence-corrected chi connectivity index (χ3v) is 0. The largest absolute Gasteiger partial charge is 0.545 e. The van der Waals surface area contributed by atoms with Crippen molar-refractivity contribution in [1.29, 1.82) is 0 Å². The monoisotopic (exact) mass is 249 g/mol. The van der Waals surface area contributed by atoms with Gasteiger partial charge in [0, 0.05) is 65.4 Å². The van der Waals surface area contributed by atoms with E-state index in [9.17, 15) is 0 Å². The Morgan fingerprint density at radius 1 is 1.00 bits per heavy atom. The second-order valence-electron chi connectivity index (χ2n) is 0.0833. The molecule has 0 saturated heterocycles. The van der Waals surface area contributed by atoms with E-state index in [0.717, 1.165) is 0 Å². The van der Waals surface area contributed by atoms with Crippen molar-refractivity contribution in [2.75, 3.05) is 0 Å². The summed E-state index contributed by atoms with van der Waals surface area (Å²) in [5.74, 6) is 0. The van der Waals surface area contributed by atoms with E-state index >= 15 is 0 Å². The number of hydrogen-bond acceptors (Lipinski definition) is 3. The summed E-state index contributed by atoms with van der Waals surface area (Å²) in [6, 6.07) is 0. The molecule has 0 amide bonds. The third kappa shape index (κ3) is 127. The van der Waals surface area contributed by atoms with Gasteiger partial charge in [-0.15, -0.1) is 0 Å². The van der Waals surface area contributed by atoms with Crippen LogP contribution in [0.3, 0.4) is 0 Å². The van der Waals surface area contributed by atoms with Crippen LogP contribution in [-0.4, -0.2) is 12.9 Å². The zero-order valence-corrected chi connectivity index (χ0v) is 9.13. The quantitative estimate of drug-likeness (QED) is 0.414. The van der Waals surface area contributed by atoms with Crippen molar-refractivity contribution >= 4 is 12.9 Å². The molecular weight excluding hydrogens is 248 g/mol. The molecule has 0 fully saturated rings. The van der Waals surface area contributed by atoms with E-state index in [1.807, 2.05) is 0 Å². The normalized spacial score (nSPS) is 1.71. The first-order valence-corrected chi connectivity index (χ1v) is 0.644. The van der Waals surface area contributed by atoms with Crippen molar-refractivity contribution in [3.63, 3.8) is 0 Å². The topological polar surface area (TPSA) is 51.2 Å². The molecule has 0 N–H and O–H groups in total. The second kappa shape index (κ2) is 55.8. The summed E-state index contributed by atoms with van der Waals surface area (Å²) in [6.45, 7) is 3.25. The van der Waals surface area contributed by atoms with Gasteiger partial charge in [-0.25, -0.2) is 0 Å². The third-order valence-electron chi connectivity index (χ3n) is 0. The van der Waals surface area contributed by atoms with E-state index in [-0.39, 0.29) is 71.6 Å². The van der Waals surface area contributed by atoms with E-state index in [0.29, 0.717) is 0 Å². The predicted molar refractivity (Wildman–Crippen MR) is 11.8 cm³/mol. The first kappa shape index (κ1) is 24.0. The molecule has 0 unspecified atom stereocenters. The molecule has 0 aliphatic carbocycles. The Kier molecular flexibility index (Phi) is 191. The molecule has 3 nitrogen and oxygen atoms in total. The van der Waals surface area contributed by atoms with Crippen molar-refractivity contribution < 1.29 is 79.8 Å². The molecule has 0 aromatic carbocycles. The van der Waals surface area contributed by atoms with Crippen molar-refractivity contribution in [2.24, 2.45) is 0 Å². The van der Waals surface area contributed by atoms with Gasteiger partial charge in [-0.3, -0.25) is 6.79 Å². The first-order chi connectivity index (χ1) is 2.41. The van der Waals surface area contributed by atoms with Gasteiger partial charge in [-0.2, -0.15) is 9.59 Å². The van der Waals surface area contributed by atoms with Crippen LogP contribution in [0.25, 0.3) is 0 Å². The smallest absolute Gasteiger partial charge is 0.373 e. The van der Waals surface area contributed by atoms with Crippen LogP contribution in [0.5, 0.6) is 0 Å². The van der Waals surface area contributed by atoms with Gasteiger partial charge in [0.1, 0.15) is 0 Å². The minimum atomic E-state index is 0. The fourth-order valence-corrected chi connectivity index (χ4v) is 0. The maximum atomic E-state index is 8.12. The predicted octanol–water partition coefficient (Wildman–Crippen LogP) is -0.863. The minimum absolute atomic E-state index is 0. The average Bonchev–Trinajstić information content (AvgIpc) is 1.46. The van der Waals surface area contributed by atoms with Crippen molar-refractivity contribution in [3.05, 3.63) is 0 Å². The molecule has 0 aromatic heterocycles. The molecule has 0 atom stereocenters. The molecule has 2 radical (unpaired) electrons. The molecule has 0 aliphatic rings. The summed E-state index contributed by atoms with van der Waals surface area (Å²) < 4.78 is 0. The van der Waals surface area contributed by atoms with E-state index in [1.165, 1.54) is 0 Å². The van der Waals surface area contributed by atoms with E-state index < -0.39 is 0 Å². The van der Waals surface area contributed by atoms with Crippen LogP contribution >= 0.6 is 0 Å². The Labute approximate surface area is 91.4 Å². The van der Waals surface area contributed by atoms with Crippen molar-refractivity contribution in [2.45, 2.75) is 0 Å². The van der Waals surface area contributed by atoms with Crippen LogP contribution < -0.4 is 0 Å². The van der Waals surface area contributed by atoms with Crippen molar-refractivity contribution in [3.8, 4) is 0 Å². The summed E-state index contributed by atoms with van der Waals surface area (Å²) in [5, 5.41) is 0. The molecule has 0 aliphatic heterocycles. The Bertz CT molecular complexity index is 40.2. The van der Waals surface area contributed by atoms with Crippen molar-refractivity contribution in [1.82, 2.24) is 0 Å². The molecule has 0 bridgehead atoms. The van der Waals surface area contributed by atoms with Crippen LogP contribution in [0.1, 0.15) is 0 Å². The number of hydrogen-bond donors (Lipinski definition) is 0. The van der Waals surface area contributed by atoms with Gasteiger partial charge < -0.3 is 4.79 Å². The Morgan fingerprint density at radius 2 is 1.00 bits per heavy atom. The molecule has 0 aromatic rings. The summed E-state index contributed by atoms with van der Waals surface area (Å²) in [7, 11) is 0. The summed E-state index contributed by atoms with van der Waals surface area (Å²) in [4.78, 5) is 24.0. The van der Waals surface area contributed by atoms with Gasteiger partial charge in [0.2, 0.25) is 0 Å². The van der Waals surface area contributed by atoms with Gasteiger partial charge in [0.05, 0.1) is 0 Å². The van der Waals surface area contributed by atoms with E-state index in [4.69, 9.17) is 14.4 Å². The van der Waals surface area contributed by atoms with Gasteiger partial charge in [-0.05, 0) is 0 Å². The van der Waals surface area contributed by atoms with Gasteiger partial charge in [-0.1, -0.05) is 0 Å². The van der Waals surface area contributed by atoms with Gasteiger partial charge >= 0.3 is 6.15 Å². The molecule has 34 valence electrons. The number of rotatable bonds is 0. The molecule has 0 saturated carbocycles. The molecular formula is C2HO3Y2-. The fraction of sp³-hybridized carbons (Fsp3) is 0. The Balaban J connectivity index is -0.0000000105. The molecule has 7 heavy (non-hydrogen) atoms. The molecule has 0 heterocycles. The van der Waals surface area contributed by atoms with Gasteiger partial charge in [0.15, 0.2) is 0 Å². The van der Waals surface area contributed by atoms with Crippen LogP contribution in [0.15, 0.2) is 0 Å². The maximum Gasteiger partial charge on any atom is 0.373 e. The average molecular weight is 249 g/mol. The minimum Gasteiger partial charge on any atom is -0.545 e.